The van der Waals surface area contributed by atoms with E-state index in [1.54, 1.807) is 25.2 Å². The molecule has 2 rings (SSSR count). The van der Waals surface area contributed by atoms with Crippen molar-refractivity contribution in [3.8, 4) is 11.4 Å². The Morgan fingerprint density at radius 3 is 2.74 bits per heavy atom. The van der Waals surface area contributed by atoms with Crippen molar-refractivity contribution in [2.75, 3.05) is 12.1 Å². The number of halogens is 1. The minimum Gasteiger partial charge on any atom is -0.282 e. The Morgan fingerprint density at radius 1 is 1.42 bits per heavy atom. The molecule has 6 nitrogen and oxygen atoms in total. The molecule has 0 saturated carbocycles. The van der Waals surface area contributed by atoms with Crippen LogP contribution in [0.5, 0.6) is 0 Å². The van der Waals surface area contributed by atoms with Crippen LogP contribution in [-0.4, -0.2) is 21.6 Å². The summed E-state index contributed by atoms with van der Waals surface area (Å²) in [6.07, 6.45) is 0. The van der Waals surface area contributed by atoms with Crippen LogP contribution in [0.25, 0.3) is 11.4 Å². The molecule has 0 spiro atoms. The number of hydrogen-bond donors (Lipinski definition) is 1. The molecule has 0 aliphatic rings. The molecule has 1 aromatic carbocycles. The third kappa shape index (κ3) is 2.74. The van der Waals surface area contributed by atoms with E-state index in [-0.39, 0.29) is 11.6 Å². The molecule has 1 aromatic heterocycles. The fraction of sp³-hybridized carbons (Fsp3) is 0.250. The Labute approximate surface area is 115 Å². The number of hydrogen-bond acceptors (Lipinski definition) is 5. The molecule has 0 unspecified atom stereocenters. The maximum atomic E-state index is 12.0. The lowest BCUT2D eigenvalue weighted by molar-refractivity contribution is 0.679. The predicted octanol–water partition coefficient (Wildman–Crippen LogP) is 1.29. The van der Waals surface area contributed by atoms with Gasteiger partial charge in [0.15, 0.2) is 0 Å². The third-order valence-electron chi connectivity index (χ3n) is 2.60. The molecule has 100 valence electrons. The predicted molar refractivity (Wildman–Crippen MR) is 75.0 cm³/mol. The Hall–Kier alpha value is -1.92. The molecule has 2 aromatic rings. The second-order valence-electron chi connectivity index (χ2n) is 4.00. The van der Waals surface area contributed by atoms with Gasteiger partial charge in [0.1, 0.15) is 5.82 Å². The standard InChI is InChI=1S/C12H14ClN5O/c1-3-18-10(8-5-4-6-9(13)7-8)15-11(17(2)14)16-12(18)19/h4-7H,3,14H2,1-2H3. The second-order valence-corrected chi connectivity index (χ2v) is 4.43. The van der Waals surface area contributed by atoms with Gasteiger partial charge in [-0.15, -0.1) is 0 Å². The van der Waals surface area contributed by atoms with Crippen LogP contribution in [0.4, 0.5) is 5.95 Å². The van der Waals surface area contributed by atoms with Gasteiger partial charge in [0.25, 0.3) is 0 Å². The van der Waals surface area contributed by atoms with E-state index in [0.29, 0.717) is 17.4 Å². The van der Waals surface area contributed by atoms with Crippen LogP contribution in [0.1, 0.15) is 6.92 Å². The topological polar surface area (TPSA) is 77.0 Å². The largest absolute Gasteiger partial charge is 0.352 e. The maximum Gasteiger partial charge on any atom is 0.352 e. The molecule has 0 radical (unpaired) electrons. The van der Waals surface area contributed by atoms with Crippen LogP contribution in [0.2, 0.25) is 5.02 Å². The van der Waals surface area contributed by atoms with Gasteiger partial charge in [-0.1, -0.05) is 23.7 Å². The second kappa shape index (κ2) is 5.38. The highest BCUT2D eigenvalue weighted by atomic mass is 35.5. The smallest absolute Gasteiger partial charge is 0.282 e. The van der Waals surface area contributed by atoms with E-state index in [9.17, 15) is 4.79 Å². The van der Waals surface area contributed by atoms with Crippen molar-refractivity contribution in [2.45, 2.75) is 13.5 Å². The molecule has 19 heavy (non-hydrogen) atoms. The van der Waals surface area contributed by atoms with E-state index in [0.717, 1.165) is 5.56 Å². The van der Waals surface area contributed by atoms with Gasteiger partial charge in [-0.25, -0.2) is 10.6 Å². The Kier molecular flexibility index (Phi) is 3.82. The fourth-order valence-electron chi connectivity index (χ4n) is 1.71. The van der Waals surface area contributed by atoms with E-state index in [1.165, 1.54) is 9.58 Å². The van der Waals surface area contributed by atoms with E-state index in [1.807, 2.05) is 13.0 Å². The summed E-state index contributed by atoms with van der Waals surface area (Å²) in [5, 5.41) is 1.78. The van der Waals surface area contributed by atoms with E-state index in [2.05, 4.69) is 9.97 Å². The SMILES string of the molecule is CCn1c(-c2cccc(Cl)c2)nc(N(C)N)nc1=O. The number of benzene rings is 1. The van der Waals surface area contributed by atoms with Crippen molar-refractivity contribution in [3.05, 3.63) is 39.8 Å². The van der Waals surface area contributed by atoms with Gasteiger partial charge < -0.3 is 0 Å². The van der Waals surface area contributed by atoms with Crippen molar-refractivity contribution in [1.82, 2.24) is 14.5 Å². The highest BCUT2D eigenvalue weighted by molar-refractivity contribution is 6.30. The Morgan fingerprint density at radius 2 is 2.16 bits per heavy atom. The minimum absolute atomic E-state index is 0.171. The summed E-state index contributed by atoms with van der Waals surface area (Å²) >= 11 is 5.97. The van der Waals surface area contributed by atoms with Crippen LogP contribution < -0.4 is 16.5 Å². The lowest BCUT2D eigenvalue weighted by Gasteiger charge is -2.14. The van der Waals surface area contributed by atoms with Gasteiger partial charge in [0.2, 0.25) is 5.95 Å². The van der Waals surface area contributed by atoms with Crippen molar-refractivity contribution in [2.24, 2.45) is 5.84 Å². The van der Waals surface area contributed by atoms with Crippen LogP contribution in [0, 0.1) is 0 Å². The molecule has 0 amide bonds. The van der Waals surface area contributed by atoms with E-state index < -0.39 is 0 Å². The summed E-state index contributed by atoms with van der Waals surface area (Å²) in [5.41, 5.74) is 0.358. The highest BCUT2D eigenvalue weighted by Crippen LogP contribution is 2.20. The van der Waals surface area contributed by atoms with Crippen LogP contribution >= 0.6 is 11.6 Å². The fourth-order valence-corrected chi connectivity index (χ4v) is 1.90. The molecule has 0 atom stereocenters. The molecule has 0 fully saturated rings. The van der Waals surface area contributed by atoms with Gasteiger partial charge >= 0.3 is 5.69 Å². The lowest BCUT2D eigenvalue weighted by Crippen LogP contribution is -2.33. The number of anilines is 1. The van der Waals surface area contributed by atoms with Crippen molar-refractivity contribution < 1.29 is 0 Å². The van der Waals surface area contributed by atoms with Crippen molar-refractivity contribution in [1.29, 1.82) is 0 Å². The van der Waals surface area contributed by atoms with Crippen LogP contribution in [-0.2, 0) is 6.54 Å². The zero-order valence-electron chi connectivity index (χ0n) is 10.7. The zero-order chi connectivity index (χ0) is 14.0. The van der Waals surface area contributed by atoms with Gasteiger partial charge in [-0.05, 0) is 19.1 Å². The normalized spacial score (nSPS) is 10.5. The highest BCUT2D eigenvalue weighted by Gasteiger charge is 2.12. The van der Waals surface area contributed by atoms with Gasteiger partial charge in [-0.2, -0.15) is 9.97 Å². The van der Waals surface area contributed by atoms with Crippen LogP contribution in [0.3, 0.4) is 0 Å². The first-order chi connectivity index (χ1) is 9.02. The van der Waals surface area contributed by atoms with Crippen LogP contribution in [0.15, 0.2) is 29.1 Å². The average molecular weight is 280 g/mol. The number of aromatic nitrogens is 3. The molecule has 0 aliphatic heterocycles. The molecule has 7 heteroatoms. The summed E-state index contributed by atoms with van der Waals surface area (Å²) in [6, 6.07) is 7.14. The summed E-state index contributed by atoms with van der Waals surface area (Å²) in [7, 11) is 1.58. The van der Waals surface area contributed by atoms with Crippen molar-refractivity contribution in [3.63, 3.8) is 0 Å². The molecular weight excluding hydrogens is 266 g/mol. The number of hydrazine groups is 1. The monoisotopic (exact) mass is 279 g/mol. The summed E-state index contributed by atoms with van der Waals surface area (Å²) in [6.45, 7) is 2.32. The molecule has 2 N–H and O–H groups in total. The first-order valence-corrected chi connectivity index (χ1v) is 6.14. The average Bonchev–Trinajstić information content (AvgIpc) is 2.37. The van der Waals surface area contributed by atoms with E-state index >= 15 is 0 Å². The summed E-state index contributed by atoms with van der Waals surface area (Å²) in [4.78, 5) is 20.1. The number of nitrogens with zero attached hydrogens (tertiary/aromatic N) is 4. The summed E-state index contributed by atoms with van der Waals surface area (Å²) in [5.74, 6) is 6.25. The number of rotatable bonds is 3. The third-order valence-corrected chi connectivity index (χ3v) is 2.84. The Balaban J connectivity index is 2.70. The quantitative estimate of drug-likeness (QED) is 0.677. The first kappa shape index (κ1) is 13.5. The lowest BCUT2D eigenvalue weighted by atomic mass is 10.2. The molecule has 1 heterocycles. The van der Waals surface area contributed by atoms with Gasteiger partial charge in [0.05, 0.1) is 0 Å². The molecule has 0 aliphatic carbocycles. The van der Waals surface area contributed by atoms with Crippen molar-refractivity contribution >= 4 is 17.5 Å². The zero-order valence-corrected chi connectivity index (χ0v) is 11.4. The molecule has 0 saturated heterocycles. The van der Waals surface area contributed by atoms with Gasteiger partial charge in [0, 0.05) is 24.2 Å². The molecular formula is C12H14ClN5O. The maximum absolute atomic E-state index is 12.0. The first-order valence-electron chi connectivity index (χ1n) is 5.76. The number of nitrogens with two attached hydrogens (primary N) is 1. The summed E-state index contributed by atoms with van der Waals surface area (Å²) < 4.78 is 1.47. The van der Waals surface area contributed by atoms with E-state index in [4.69, 9.17) is 17.4 Å². The van der Waals surface area contributed by atoms with Gasteiger partial charge in [-0.3, -0.25) is 9.58 Å². The minimum atomic E-state index is -0.389. The Bertz CT molecular complexity index is 653. The molecule has 0 bridgehead atoms.